The van der Waals surface area contributed by atoms with Crippen LogP contribution in [-0.2, 0) is 21.4 Å². The molecular formula is C37H40N2O7. The van der Waals surface area contributed by atoms with Crippen molar-refractivity contribution in [2.45, 2.75) is 62.6 Å². The Bertz CT molecular complexity index is 1760. The smallest absolute Gasteiger partial charge is 0.302 e. The van der Waals surface area contributed by atoms with E-state index in [2.05, 4.69) is 23.5 Å². The van der Waals surface area contributed by atoms with E-state index in [-0.39, 0.29) is 41.6 Å². The molecule has 1 spiro atoms. The lowest BCUT2D eigenvalue weighted by Gasteiger charge is -2.39. The summed E-state index contributed by atoms with van der Waals surface area (Å²) in [5.74, 6) is 1.81. The van der Waals surface area contributed by atoms with Crippen LogP contribution in [0.4, 0.5) is 0 Å². The number of phenols is 2. The van der Waals surface area contributed by atoms with Crippen molar-refractivity contribution < 1.29 is 34.0 Å². The van der Waals surface area contributed by atoms with E-state index >= 15 is 0 Å². The molecule has 7 rings (SSSR count). The lowest BCUT2D eigenvalue weighted by Crippen LogP contribution is -2.33. The number of aromatic hydroxyl groups is 2. The first-order valence-electron chi connectivity index (χ1n) is 15.8. The van der Waals surface area contributed by atoms with Gasteiger partial charge in [-0.1, -0.05) is 24.3 Å². The van der Waals surface area contributed by atoms with Crippen LogP contribution in [0.3, 0.4) is 0 Å². The SMILES string of the molecule is COc1cc(C2Oc3c(ccc4c3C3(CCC(CC5=CNC(N)C=C5)C3)Cc3cc(O)cc(OC)c3-4)C2COC(C)=O)ccc1O. The molecule has 0 aromatic heterocycles. The highest BCUT2D eigenvalue weighted by molar-refractivity contribution is 5.84. The molecule has 0 bridgehead atoms. The highest BCUT2D eigenvalue weighted by Crippen LogP contribution is 2.62. The number of methoxy groups -OCH3 is 2. The van der Waals surface area contributed by atoms with Crippen LogP contribution in [-0.4, -0.2) is 43.2 Å². The maximum absolute atomic E-state index is 12.0. The molecule has 0 amide bonds. The topological polar surface area (TPSA) is 132 Å². The molecule has 5 unspecified atom stereocenters. The van der Waals surface area contributed by atoms with Crippen LogP contribution < -0.4 is 25.3 Å². The number of ether oxygens (including phenoxy) is 4. The van der Waals surface area contributed by atoms with Gasteiger partial charge in [0, 0.05) is 41.3 Å². The molecule has 9 nitrogen and oxygen atoms in total. The molecule has 5 N–H and O–H groups in total. The second-order valence-electron chi connectivity index (χ2n) is 13.0. The first kappa shape index (κ1) is 30.0. The number of nitrogens with one attached hydrogen (secondary N) is 1. The number of hydrogen-bond acceptors (Lipinski definition) is 9. The number of allylic oxidation sites excluding steroid dienone is 2. The van der Waals surface area contributed by atoms with Crippen LogP contribution in [0.2, 0.25) is 0 Å². The molecule has 3 aromatic carbocycles. The average Bonchev–Trinajstić information content (AvgIpc) is 3.61. The molecule has 240 valence electrons. The normalized spacial score (nSPS) is 25.5. The molecule has 1 fully saturated rings. The lowest BCUT2D eigenvalue weighted by molar-refractivity contribution is -0.141. The molecule has 0 saturated heterocycles. The summed E-state index contributed by atoms with van der Waals surface area (Å²) in [6.07, 6.45) is 10.1. The minimum atomic E-state index is -0.472. The van der Waals surface area contributed by atoms with Gasteiger partial charge in [0.05, 0.1) is 26.3 Å². The number of benzene rings is 3. The van der Waals surface area contributed by atoms with Crippen LogP contribution >= 0.6 is 0 Å². The number of nitrogens with two attached hydrogens (primary N) is 1. The highest BCUT2D eigenvalue weighted by atomic mass is 16.5. The number of hydrogen-bond donors (Lipinski definition) is 4. The third-order valence-electron chi connectivity index (χ3n) is 10.1. The molecule has 2 aliphatic carbocycles. The summed E-state index contributed by atoms with van der Waals surface area (Å²) in [4.78, 5) is 12.0. The number of fused-ring (bicyclic) bond motifs is 6. The molecule has 4 aliphatic rings. The Morgan fingerprint density at radius 1 is 1.11 bits per heavy atom. The zero-order chi connectivity index (χ0) is 32.2. The van der Waals surface area contributed by atoms with Gasteiger partial charge < -0.3 is 40.2 Å². The summed E-state index contributed by atoms with van der Waals surface area (Å²) in [6.45, 7) is 1.56. The Morgan fingerprint density at radius 3 is 2.67 bits per heavy atom. The zero-order valence-corrected chi connectivity index (χ0v) is 26.3. The van der Waals surface area contributed by atoms with Gasteiger partial charge in [-0.25, -0.2) is 0 Å². The maximum atomic E-state index is 12.0. The second kappa shape index (κ2) is 11.6. The third kappa shape index (κ3) is 5.12. The number of carbonyl (C=O) groups is 1. The van der Waals surface area contributed by atoms with Crippen LogP contribution in [0, 0.1) is 5.92 Å². The summed E-state index contributed by atoms with van der Waals surface area (Å²) in [6, 6.07) is 13.0. The summed E-state index contributed by atoms with van der Waals surface area (Å²) in [7, 11) is 3.14. The van der Waals surface area contributed by atoms with Gasteiger partial charge in [-0.15, -0.1) is 0 Å². The van der Waals surface area contributed by atoms with Crippen molar-refractivity contribution in [1.82, 2.24) is 5.32 Å². The largest absolute Gasteiger partial charge is 0.508 e. The molecule has 3 aromatic rings. The third-order valence-corrected chi connectivity index (χ3v) is 10.1. The van der Waals surface area contributed by atoms with E-state index in [1.165, 1.54) is 19.6 Å². The Balaban J connectivity index is 1.36. The molecule has 9 heteroatoms. The first-order chi connectivity index (χ1) is 22.2. The van der Waals surface area contributed by atoms with Crippen molar-refractivity contribution in [1.29, 1.82) is 0 Å². The van der Waals surface area contributed by atoms with Gasteiger partial charge in [-0.2, -0.15) is 0 Å². The standard InChI is InChI=1S/C37H40N2O7/c1-20(40)45-19-28-26-6-7-27-33-24(13-25(41)15-31(33)44-3)17-37(11-10-21(16-37)12-22-4-9-32(38)39-18-22)34(27)36(26)46-35(28)23-5-8-29(42)30(14-23)43-2/h4-9,13-15,18,21,28,32,35,39,41-42H,10-12,16-17,19,38H2,1-3H3. The Morgan fingerprint density at radius 2 is 1.93 bits per heavy atom. The molecule has 0 radical (unpaired) electrons. The molecule has 2 heterocycles. The van der Waals surface area contributed by atoms with Gasteiger partial charge in [-0.05, 0) is 84.6 Å². The number of dihydropyridines is 1. The van der Waals surface area contributed by atoms with Crippen LogP contribution in [0.5, 0.6) is 28.7 Å². The maximum Gasteiger partial charge on any atom is 0.302 e. The molecule has 2 aliphatic heterocycles. The van der Waals surface area contributed by atoms with Gasteiger partial charge in [0.1, 0.15) is 30.0 Å². The van der Waals surface area contributed by atoms with Crippen LogP contribution in [0.25, 0.3) is 11.1 Å². The Hall–Kier alpha value is -4.63. The van der Waals surface area contributed by atoms with Gasteiger partial charge in [0.2, 0.25) is 0 Å². The van der Waals surface area contributed by atoms with Crippen molar-refractivity contribution in [2.75, 3.05) is 20.8 Å². The summed E-state index contributed by atoms with van der Waals surface area (Å²) in [5, 5.41) is 24.2. The highest BCUT2D eigenvalue weighted by Gasteiger charge is 2.50. The van der Waals surface area contributed by atoms with Gasteiger partial charge in [0.15, 0.2) is 11.5 Å². The summed E-state index contributed by atoms with van der Waals surface area (Å²) in [5.41, 5.74) is 13.0. The summed E-state index contributed by atoms with van der Waals surface area (Å²) >= 11 is 0. The summed E-state index contributed by atoms with van der Waals surface area (Å²) < 4.78 is 23.9. The molecule has 46 heavy (non-hydrogen) atoms. The number of phenolic OH excluding ortho intramolecular Hbond substituents is 2. The van der Waals surface area contributed by atoms with Gasteiger partial charge >= 0.3 is 5.97 Å². The predicted octanol–water partition coefficient (Wildman–Crippen LogP) is 5.87. The van der Waals surface area contributed by atoms with Crippen molar-refractivity contribution in [3.63, 3.8) is 0 Å². The van der Waals surface area contributed by atoms with Gasteiger partial charge in [-0.3, -0.25) is 4.79 Å². The van der Waals surface area contributed by atoms with Crippen LogP contribution in [0.15, 0.2) is 66.4 Å². The number of esters is 1. The molecule has 5 atom stereocenters. The second-order valence-corrected chi connectivity index (χ2v) is 13.0. The van der Waals surface area contributed by atoms with Gasteiger partial charge in [0.25, 0.3) is 0 Å². The molecule has 1 saturated carbocycles. The predicted molar refractivity (Wildman–Crippen MR) is 173 cm³/mol. The molecular weight excluding hydrogens is 584 g/mol. The van der Waals surface area contributed by atoms with Crippen molar-refractivity contribution >= 4 is 5.97 Å². The fourth-order valence-electron chi connectivity index (χ4n) is 8.19. The van der Waals surface area contributed by atoms with E-state index in [1.807, 2.05) is 24.4 Å². The van der Waals surface area contributed by atoms with E-state index in [1.54, 1.807) is 25.3 Å². The number of rotatable bonds is 7. The fourth-order valence-corrected chi connectivity index (χ4v) is 8.19. The lowest BCUT2D eigenvalue weighted by atomic mass is 9.65. The van der Waals surface area contributed by atoms with Crippen molar-refractivity contribution in [2.24, 2.45) is 11.7 Å². The van der Waals surface area contributed by atoms with E-state index in [0.717, 1.165) is 71.2 Å². The zero-order valence-electron chi connectivity index (χ0n) is 26.3. The monoisotopic (exact) mass is 624 g/mol. The Labute approximate surface area is 268 Å². The average molecular weight is 625 g/mol. The van der Waals surface area contributed by atoms with Crippen LogP contribution in [0.1, 0.15) is 66.9 Å². The van der Waals surface area contributed by atoms with E-state index in [0.29, 0.717) is 17.4 Å². The Kier molecular flexibility index (Phi) is 7.59. The first-order valence-corrected chi connectivity index (χ1v) is 15.8. The van der Waals surface area contributed by atoms with E-state index < -0.39 is 6.10 Å². The van der Waals surface area contributed by atoms with Crippen molar-refractivity contribution in [3.05, 3.63) is 88.6 Å². The van der Waals surface area contributed by atoms with Crippen molar-refractivity contribution in [3.8, 4) is 39.9 Å². The quantitative estimate of drug-likeness (QED) is 0.238. The minimum absolute atomic E-state index is 0.0405. The fraction of sp³-hybridized carbons (Fsp3) is 0.378. The van der Waals surface area contributed by atoms with E-state index in [4.69, 9.17) is 24.7 Å². The number of carbonyl (C=O) groups excluding carboxylic acids is 1. The van der Waals surface area contributed by atoms with E-state index in [9.17, 15) is 15.0 Å². The minimum Gasteiger partial charge on any atom is -0.508 e.